The van der Waals surface area contributed by atoms with Gasteiger partial charge in [-0.25, -0.2) is 0 Å². The van der Waals surface area contributed by atoms with Gasteiger partial charge in [0.15, 0.2) is 0 Å². The van der Waals surface area contributed by atoms with Gasteiger partial charge in [-0.1, -0.05) is 13.8 Å². The van der Waals surface area contributed by atoms with Crippen molar-refractivity contribution in [3.63, 3.8) is 0 Å². The van der Waals surface area contributed by atoms with Crippen molar-refractivity contribution in [3.05, 3.63) is 0 Å². The second-order valence-corrected chi connectivity index (χ2v) is 8.13. The summed E-state index contributed by atoms with van der Waals surface area (Å²) in [5.74, 6) is 1.54. The Morgan fingerprint density at radius 2 is 1.80 bits per heavy atom. The molecular formula is C17H33NO2. The predicted molar refractivity (Wildman–Crippen MR) is 82.5 cm³/mol. The quantitative estimate of drug-likeness (QED) is 0.837. The Labute approximate surface area is 124 Å². The van der Waals surface area contributed by atoms with Crippen LogP contribution in [0.5, 0.6) is 0 Å². The predicted octanol–water partition coefficient (Wildman–Crippen LogP) is 3.10. The van der Waals surface area contributed by atoms with Crippen LogP contribution in [0.2, 0.25) is 0 Å². The lowest BCUT2D eigenvalue weighted by Crippen LogP contribution is -2.60. The molecule has 2 aliphatic rings. The molecule has 1 saturated heterocycles. The Kier molecular flexibility index (Phi) is 4.54. The van der Waals surface area contributed by atoms with Gasteiger partial charge in [0.1, 0.15) is 0 Å². The molecule has 1 saturated carbocycles. The third-order valence-electron chi connectivity index (χ3n) is 6.03. The van der Waals surface area contributed by atoms with Crippen LogP contribution >= 0.6 is 0 Å². The highest BCUT2D eigenvalue weighted by molar-refractivity contribution is 5.06. The van der Waals surface area contributed by atoms with E-state index in [1.807, 2.05) is 0 Å². The fourth-order valence-electron chi connectivity index (χ4n) is 4.51. The van der Waals surface area contributed by atoms with E-state index in [1.54, 1.807) is 0 Å². The molecule has 2 rings (SSSR count). The minimum Gasteiger partial charge on any atom is -0.389 e. The number of ether oxygens (including phenoxy) is 1. The van der Waals surface area contributed by atoms with Crippen LogP contribution in [0, 0.1) is 17.3 Å². The number of rotatable bonds is 3. The van der Waals surface area contributed by atoms with E-state index in [4.69, 9.17) is 10.5 Å². The second-order valence-electron chi connectivity index (χ2n) is 8.13. The minimum absolute atomic E-state index is 0.0978. The molecular weight excluding hydrogens is 250 g/mol. The first-order chi connectivity index (χ1) is 9.24. The highest BCUT2D eigenvalue weighted by atomic mass is 16.5. The van der Waals surface area contributed by atoms with Crippen molar-refractivity contribution in [2.45, 2.75) is 77.4 Å². The molecule has 0 radical (unpaired) electrons. The van der Waals surface area contributed by atoms with Gasteiger partial charge in [0, 0.05) is 24.8 Å². The monoisotopic (exact) mass is 283 g/mol. The van der Waals surface area contributed by atoms with Crippen molar-refractivity contribution < 1.29 is 9.84 Å². The Hall–Kier alpha value is -0.120. The number of nitrogens with two attached hydrogens (primary N) is 1. The molecule has 3 heteroatoms. The third kappa shape index (κ3) is 2.90. The summed E-state index contributed by atoms with van der Waals surface area (Å²) in [7, 11) is 0. The van der Waals surface area contributed by atoms with E-state index in [0.717, 1.165) is 31.1 Å². The van der Waals surface area contributed by atoms with Crippen LogP contribution in [0.4, 0.5) is 0 Å². The van der Waals surface area contributed by atoms with Crippen LogP contribution in [0.1, 0.15) is 66.2 Å². The van der Waals surface area contributed by atoms with Crippen molar-refractivity contribution in [3.8, 4) is 0 Å². The molecule has 0 aromatic carbocycles. The molecule has 0 aromatic heterocycles. The fraction of sp³-hybridized carbons (Fsp3) is 1.00. The van der Waals surface area contributed by atoms with Crippen molar-refractivity contribution in [1.29, 1.82) is 0 Å². The van der Waals surface area contributed by atoms with Crippen LogP contribution in [0.15, 0.2) is 0 Å². The molecule has 0 aromatic rings. The highest BCUT2D eigenvalue weighted by Crippen LogP contribution is 2.52. The summed E-state index contributed by atoms with van der Waals surface area (Å²) >= 11 is 0. The van der Waals surface area contributed by atoms with E-state index < -0.39 is 5.60 Å². The van der Waals surface area contributed by atoms with Gasteiger partial charge in [0.2, 0.25) is 0 Å². The standard InChI is InChI=1S/C17H33NO2/c1-13(2)14-5-7-16(12-18,8-6-14)17(19)9-10-20-15(3,4)11-17/h13-14,19H,5-12,18H2,1-4H3. The van der Waals surface area contributed by atoms with Crippen LogP contribution in [0.25, 0.3) is 0 Å². The van der Waals surface area contributed by atoms with E-state index >= 15 is 0 Å². The summed E-state index contributed by atoms with van der Waals surface area (Å²) < 4.78 is 5.80. The molecule has 2 fully saturated rings. The molecule has 1 unspecified atom stereocenters. The molecule has 3 N–H and O–H groups in total. The molecule has 1 atom stereocenters. The van der Waals surface area contributed by atoms with Crippen LogP contribution < -0.4 is 5.73 Å². The summed E-state index contributed by atoms with van der Waals surface area (Å²) in [5.41, 5.74) is 5.19. The van der Waals surface area contributed by atoms with Gasteiger partial charge >= 0.3 is 0 Å². The zero-order valence-corrected chi connectivity index (χ0v) is 13.7. The van der Waals surface area contributed by atoms with E-state index in [0.29, 0.717) is 19.6 Å². The first-order valence-electron chi connectivity index (χ1n) is 8.30. The summed E-state index contributed by atoms with van der Waals surface area (Å²) in [5, 5.41) is 11.3. The van der Waals surface area contributed by atoms with Gasteiger partial charge in [-0.05, 0) is 51.4 Å². The average molecular weight is 283 g/mol. The lowest BCUT2D eigenvalue weighted by Gasteiger charge is -2.55. The molecule has 0 amide bonds. The van der Waals surface area contributed by atoms with Crippen LogP contribution in [-0.4, -0.2) is 29.5 Å². The summed E-state index contributed by atoms with van der Waals surface area (Å²) in [6, 6.07) is 0. The smallest absolute Gasteiger partial charge is 0.0764 e. The Morgan fingerprint density at radius 3 is 2.25 bits per heavy atom. The SMILES string of the molecule is CC(C)C1CCC(CN)(C2(O)CCOC(C)(C)C2)CC1. The van der Waals surface area contributed by atoms with E-state index in [9.17, 15) is 5.11 Å². The minimum atomic E-state index is -0.647. The lowest BCUT2D eigenvalue weighted by atomic mass is 9.56. The van der Waals surface area contributed by atoms with Gasteiger partial charge in [-0.15, -0.1) is 0 Å². The number of aliphatic hydroxyl groups is 1. The Morgan fingerprint density at radius 1 is 1.20 bits per heavy atom. The first-order valence-corrected chi connectivity index (χ1v) is 8.30. The highest BCUT2D eigenvalue weighted by Gasteiger charge is 2.54. The zero-order chi connectivity index (χ0) is 15.0. The van der Waals surface area contributed by atoms with Crippen LogP contribution in [-0.2, 0) is 4.74 Å². The molecule has 1 heterocycles. The van der Waals surface area contributed by atoms with Crippen molar-refractivity contribution in [2.24, 2.45) is 23.0 Å². The maximum absolute atomic E-state index is 11.3. The average Bonchev–Trinajstić information content (AvgIpc) is 2.37. The Bertz CT molecular complexity index is 332. The molecule has 0 bridgehead atoms. The number of hydrogen-bond acceptors (Lipinski definition) is 3. The van der Waals surface area contributed by atoms with Gasteiger partial charge in [-0.3, -0.25) is 0 Å². The third-order valence-corrected chi connectivity index (χ3v) is 6.03. The van der Waals surface area contributed by atoms with E-state index in [1.165, 1.54) is 12.8 Å². The fourth-order valence-corrected chi connectivity index (χ4v) is 4.51. The summed E-state index contributed by atoms with van der Waals surface area (Å²) in [4.78, 5) is 0. The first kappa shape index (κ1) is 16.3. The number of hydrogen-bond donors (Lipinski definition) is 2. The molecule has 20 heavy (non-hydrogen) atoms. The van der Waals surface area contributed by atoms with Gasteiger partial charge < -0.3 is 15.6 Å². The second kappa shape index (κ2) is 5.58. The largest absolute Gasteiger partial charge is 0.389 e. The van der Waals surface area contributed by atoms with Gasteiger partial charge in [0.05, 0.1) is 17.8 Å². The topological polar surface area (TPSA) is 55.5 Å². The summed E-state index contributed by atoms with van der Waals surface area (Å²) in [6.07, 6.45) is 6.00. The van der Waals surface area contributed by atoms with Crippen molar-refractivity contribution >= 4 is 0 Å². The van der Waals surface area contributed by atoms with Crippen LogP contribution in [0.3, 0.4) is 0 Å². The maximum atomic E-state index is 11.3. The molecule has 1 aliphatic carbocycles. The normalized spacial score (nSPS) is 41.9. The van der Waals surface area contributed by atoms with Crippen molar-refractivity contribution in [1.82, 2.24) is 0 Å². The van der Waals surface area contributed by atoms with Gasteiger partial charge in [-0.2, -0.15) is 0 Å². The van der Waals surface area contributed by atoms with Crippen molar-refractivity contribution in [2.75, 3.05) is 13.2 Å². The maximum Gasteiger partial charge on any atom is 0.0764 e. The van der Waals surface area contributed by atoms with Gasteiger partial charge in [0.25, 0.3) is 0 Å². The Balaban J connectivity index is 2.15. The molecule has 3 nitrogen and oxygen atoms in total. The molecule has 1 aliphatic heterocycles. The lowest BCUT2D eigenvalue weighted by molar-refractivity contribution is -0.203. The van der Waals surface area contributed by atoms with E-state index in [-0.39, 0.29) is 11.0 Å². The molecule has 0 spiro atoms. The summed E-state index contributed by atoms with van der Waals surface area (Å²) in [6.45, 7) is 10.0. The zero-order valence-electron chi connectivity index (χ0n) is 13.7. The molecule has 118 valence electrons. The van der Waals surface area contributed by atoms with E-state index in [2.05, 4.69) is 27.7 Å².